The van der Waals surface area contributed by atoms with E-state index in [1.54, 1.807) is 0 Å². The Morgan fingerprint density at radius 1 is 1.22 bits per heavy atom. The minimum absolute atomic E-state index is 0.859. The van der Waals surface area contributed by atoms with Crippen LogP contribution in [0.15, 0.2) is 53.3 Å². The molecule has 0 saturated carbocycles. The fourth-order valence-corrected chi connectivity index (χ4v) is 2.52. The van der Waals surface area contributed by atoms with Gasteiger partial charge in [0.25, 0.3) is 0 Å². The quantitative estimate of drug-likeness (QED) is 0.699. The molecular weight excluding hydrogens is 288 g/mol. The number of imidazole rings is 1. The maximum Gasteiger partial charge on any atom is 0.117 e. The highest BCUT2D eigenvalue weighted by atomic mass is 79.9. The molecule has 0 bridgehead atoms. The largest absolute Gasteiger partial charge is 0.303 e. The third-order valence-corrected chi connectivity index (χ3v) is 3.51. The molecule has 1 aromatic carbocycles. The third-order valence-electron chi connectivity index (χ3n) is 3.02. The van der Waals surface area contributed by atoms with E-state index < -0.39 is 0 Å². The average molecular weight is 301 g/mol. The van der Waals surface area contributed by atoms with Gasteiger partial charge in [-0.15, -0.1) is 0 Å². The summed E-state index contributed by atoms with van der Waals surface area (Å²) in [5.74, 6) is 1.07. The number of nitrogens with zero attached hydrogens (tertiary/aromatic N) is 2. The minimum Gasteiger partial charge on any atom is -0.303 e. The molecule has 0 unspecified atom stereocenters. The van der Waals surface area contributed by atoms with E-state index in [-0.39, 0.29) is 0 Å². The molecule has 2 aromatic heterocycles. The number of fused-ring (bicyclic) bond motifs is 1. The predicted molar refractivity (Wildman–Crippen MR) is 76.9 cm³/mol. The van der Waals surface area contributed by atoms with Crippen molar-refractivity contribution in [2.24, 2.45) is 0 Å². The maximum absolute atomic E-state index is 4.50. The number of benzene rings is 1. The molecule has 0 radical (unpaired) electrons. The highest BCUT2D eigenvalue weighted by Gasteiger charge is 2.05. The van der Waals surface area contributed by atoms with Crippen LogP contribution >= 0.6 is 15.9 Å². The van der Waals surface area contributed by atoms with E-state index >= 15 is 0 Å². The van der Waals surface area contributed by atoms with Crippen molar-refractivity contribution in [2.45, 2.75) is 13.3 Å². The van der Waals surface area contributed by atoms with Crippen molar-refractivity contribution >= 4 is 21.4 Å². The molecule has 2 nitrogen and oxygen atoms in total. The number of hydrogen-bond donors (Lipinski definition) is 0. The lowest BCUT2D eigenvalue weighted by Gasteiger charge is -2.03. The standard InChI is InChI=1S/C15H13BrN2/c1-11-3-2-4-12(7-11)8-15-17-10-14-9-13(16)5-6-18(14)15/h2-7,9-10H,8H2,1H3. The number of hydrogen-bond acceptors (Lipinski definition) is 1. The van der Waals surface area contributed by atoms with Crippen LogP contribution in [0.2, 0.25) is 0 Å². The summed E-state index contributed by atoms with van der Waals surface area (Å²) in [6.45, 7) is 2.12. The topological polar surface area (TPSA) is 17.3 Å². The number of pyridine rings is 1. The van der Waals surface area contributed by atoms with Gasteiger partial charge < -0.3 is 4.40 Å². The van der Waals surface area contributed by atoms with Gasteiger partial charge in [0.15, 0.2) is 0 Å². The SMILES string of the molecule is Cc1cccc(Cc2ncc3cc(Br)ccn23)c1. The fourth-order valence-electron chi connectivity index (χ4n) is 2.16. The van der Waals surface area contributed by atoms with Crippen LogP contribution in [0.25, 0.3) is 5.52 Å². The molecular formula is C15H13BrN2. The van der Waals surface area contributed by atoms with Crippen LogP contribution in [0.1, 0.15) is 17.0 Å². The van der Waals surface area contributed by atoms with Crippen molar-refractivity contribution < 1.29 is 0 Å². The second kappa shape index (κ2) is 4.58. The van der Waals surface area contributed by atoms with E-state index in [4.69, 9.17) is 0 Å². The summed E-state index contributed by atoms with van der Waals surface area (Å²) in [6, 6.07) is 12.7. The van der Waals surface area contributed by atoms with E-state index in [0.29, 0.717) is 0 Å². The summed E-state index contributed by atoms with van der Waals surface area (Å²) < 4.78 is 3.21. The van der Waals surface area contributed by atoms with Crippen LogP contribution in [-0.4, -0.2) is 9.38 Å². The monoisotopic (exact) mass is 300 g/mol. The predicted octanol–water partition coefficient (Wildman–Crippen LogP) is 4.00. The number of halogens is 1. The Hall–Kier alpha value is -1.61. The Balaban J connectivity index is 2.00. The minimum atomic E-state index is 0.859. The molecule has 18 heavy (non-hydrogen) atoms. The van der Waals surface area contributed by atoms with Crippen molar-refractivity contribution in [3.8, 4) is 0 Å². The van der Waals surface area contributed by atoms with Gasteiger partial charge in [-0.1, -0.05) is 45.8 Å². The van der Waals surface area contributed by atoms with E-state index in [0.717, 1.165) is 22.2 Å². The van der Waals surface area contributed by atoms with Gasteiger partial charge in [0, 0.05) is 17.1 Å². The van der Waals surface area contributed by atoms with Crippen LogP contribution in [0.5, 0.6) is 0 Å². The van der Waals surface area contributed by atoms with E-state index in [1.165, 1.54) is 11.1 Å². The first-order valence-electron chi connectivity index (χ1n) is 5.89. The Kier molecular flexibility index (Phi) is 2.92. The zero-order chi connectivity index (χ0) is 12.5. The Bertz CT molecular complexity index is 701. The van der Waals surface area contributed by atoms with Crippen LogP contribution in [0.4, 0.5) is 0 Å². The Morgan fingerprint density at radius 3 is 2.94 bits per heavy atom. The molecule has 0 aliphatic rings. The number of aryl methyl sites for hydroxylation is 1. The fraction of sp³-hybridized carbons (Fsp3) is 0.133. The molecule has 3 heteroatoms. The molecule has 0 spiro atoms. The molecule has 0 saturated heterocycles. The van der Waals surface area contributed by atoms with Gasteiger partial charge in [0.2, 0.25) is 0 Å². The molecule has 0 atom stereocenters. The molecule has 90 valence electrons. The molecule has 0 fully saturated rings. The normalized spacial score (nSPS) is 11.0. The summed E-state index contributed by atoms with van der Waals surface area (Å²) in [7, 11) is 0. The van der Waals surface area contributed by atoms with Crippen LogP contribution in [-0.2, 0) is 6.42 Å². The van der Waals surface area contributed by atoms with Gasteiger partial charge in [-0.05, 0) is 24.6 Å². The van der Waals surface area contributed by atoms with Crippen LogP contribution in [0, 0.1) is 6.92 Å². The summed E-state index contributed by atoms with van der Waals surface area (Å²) >= 11 is 3.48. The molecule has 0 aliphatic carbocycles. The summed E-state index contributed by atoms with van der Waals surface area (Å²) in [5, 5.41) is 0. The Labute approximate surface area is 114 Å². The molecule has 0 aliphatic heterocycles. The second-order valence-electron chi connectivity index (χ2n) is 4.48. The first-order valence-corrected chi connectivity index (χ1v) is 6.69. The molecule has 0 amide bonds. The molecule has 3 rings (SSSR count). The van der Waals surface area contributed by atoms with Gasteiger partial charge in [-0.3, -0.25) is 0 Å². The number of aromatic nitrogens is 2. The van der Waals surface area contributed by atoms with Crippen LogP contribution in [0.3, 0.4) is 0 Å². The average Bonchev–Trinajstić information content (AvgIpc) is 2.72. The third kappa shape index (κ3) is 2.18. The zero-order valence-electron chi connectivity index (χ0n) is 10.1. The van der Waals surface area contributed by atoms with E-state index in [9.17, 15) is 0 Å². The molecule has 2 heterocycles. The van der Waals surface area contributed by atoms with E-state index in [1.807, 2.05) is 12.3 Å². The van der Waals surface area contributed by atoms with Crippen molar-refractivity contribution in [1.29, 1.82) is 0 Å². The second-order valence-corrected chi connectivity index (χ2v) is 5.40. The lowest BCUT2D eigenvalue weighted by molar-refractivity contribution is 0.959. The van der Waals surface area contributed by atoms with Gasteiger partial charge in [0.05, 0.1) is 11.7 Å². The molecule has 3 aromatic rings. The van der Waals surface area contributed by atoms with Crippen molar-refractivity contribution in [1.82, 2.24) is 9.38 Å². The highest BCUT2D eigenvalue weighted by Crippen LogP contribution is 2.16. The van der Waals surface area contributed by atoms with Crippen LogP contribution < -0.4 is 0 Å². The first kappa shape index (κ1) is 11.5. The van der Waals surface area contributed by atoms with Crippen molar-refractivity contribution in [2.75, 3.05) is 0 Å². The van der Waals surface area contributed by atoms with Crippen molar-refractivity contribution in [3.05, 3.63) is 70.2 Å². The van der Waals surface area contributed by atoms with Gasteiger partial charge in [0.1, 0.15) is 5.82 Å². The highest BCUT2D eigenvalue weighted by molar-refractivity contribution is 9.10. The summed E-state index contributed by atoms with van der Waals surface area (Å²) in [5.41, 5.74) is 3.70. The Morgan fingerprint density at radius 2 is 2.11 bits per heavy atom. The van der Waals surface area contributed by atoms with Gasteiger partial charge in [-0.2, -0.15) is 0 Å². The van der Waals surface area contributed by atoms with Gasteiger partial charge >= 0.3 is 0 Å². The lowest BCUT2D eigenvalue weighted by atomic mass is 10.1. The smallest absolute Gasteiger partial charge is 0.117 e. The van der Waals surface area contributed by atoms with Crippen molar-refractivity contribution in [3.63, 3.8) is 0 Å². The zero-order valence-corrected chi connectivity index (χ0v) is 11.7. The summed E-state index contributed by atoms with van der Waals surface area (Å²) in [6.07, 6.45) is 4.82. The van der Waals surface area contributed by atoms with E-state index in [2.05, 4.69) is 68.8 Å². The number of rotatable bonds is 2. The van der Waals surface area contributed by atoms with Gasteiger partial charge in [-0.25, -0.2) is 4.98 Å². The maximum atomic E-state index is 4.50. The first-order chi connectivity index (χ1) is 8.72. The molecule has 0 N–H and O–H groups in total. The summed E-state index contributed by atoms with van der Waals surface area (Å²) in [4.78, 5) is 4.50. The lowest BCUT2D eigenvalue weighted by Crippen LogP contribution is -1.96.